The number of hydrogen-bond acceptors (Lipinski definition) is 7. The molecule has 0 bridgehead atoms. The van der Waals surface area contributed by atoms with Crippen LogP contribution in [-0.4, -0.2) is 28.7 Å². The first-order valence-electron chi connectivity index (χ1n) is 40.9. The van der Waals surface area contributed by atoms with Crippen LogP contribution in [0.5, 0.6) is 0 Å². The van der Waals surface area contributed by atoms with Gasteiger partial charge in [-0.2, -0.15) is 0 Å². The summed E-state index contributed by atoms with van der Waals surface area (Å²) in [5, 5.41) is 21.5. The van der Waals surface area contributed by atoms with Crippen LogP contribution < -0.4 is 0 Å². The standard InChI is InChI=1S/C45H27N3S.C33H20N2S.C33H19NS2/c1-6-16-37-34(14-1)45-43(35-15-5-10-20-42(35)49-45)44(46-37)28-21-23-29(24-22-28)47-40-19-9-4-13-33(40)36-27-30(25-26-41(36)47)48-38-17-7-2-11-31(38)32-12-3-8-18-39(32)48;1-5-13-27-25(11-1)33-31(26-12-4-8-16-30(26)36-33)32(34-27)21-17-19-22(20-18-21)35-28-14-6-2-9-23(28)24-10-3-7-15-29(24)35;1-4-13-27-25(9-1)33-30(26-10-3-6-15-29(26)36-33)31(34-27)21-18-16-20(17-19-21)22-11-7-12-24-23-8-2-5-14-28(23)35-32(22)24/h1-27H;1-20H;1-19H. The largest absolute Gasteiger partial charge is 0.309 e. The maximum atomic E-state index is 5.26. The minimum absolute atomic E-state index is 1.03. The quantitative estimate of drug-likeness (QED) is 0.160. The van der Waals surface area contributed by atoms with Gasteiger partial charge in [0.25, 0.3) is 0 Å². The van der Waals surface area contributed by atoms with Gasteiger partial charge in [-0.3, -0.25) is 0 Å². The Bertz CT molecular complexity index is 8810. The van der Waals surface area contributed by atoms with Gasteiger partial charge >= 0.3 is 0 Å². The van der Waals surface area contributed by atoms with Gasteiger partial charge in [-0.25, -0.2) is 15.0 Å². The molecule has 121 heavy (non-hydrogen) atoms. The molecular weight excluding hydrogens is 1550 g/mol. The summed E-state index contributed by atoms with van der Waals surface area (Å²) < 4.78 is 17.7. The number of pyridine rings is 3. The molecule has 0 saturated heterocycles. The molecule has 27 rings (SSSR count). The number of para-hydroxylation sites is 8. The van der Waals surface area contributed by atoms with Crippen LogP contribution in [0.15, 0.2) is 400 Å². The zero-order valence-corrected chi connectivity index (χ0v) is 68.2. The van der Waals surface area contributed by atoms with Crippen molar-refractivity contribution < 1.29 is 0 Å². The smallest absolute Gasteiger partial charge is 0.0802 e. The van der Waals surface area contributed by atoms with E-state index in [2.05, 4.69) is 414 Å². The molecule has 0 N–H and O–H groups in total. The summed E-state index contributed by atoms with van der Waals surface area (Å²) in [5.74, 6) is 0. The van der Waals surface area contributed by atoms with E-state index >= 15 is 0 Å². The molecular formula is C111H66N6S4. The van der Waals surface area contributed by atoms with Gasteiger partial charge in [-0.15, -0.1) is 45.3 Å². The van der Waals surface area contributed by atoms with Crippen LogP contribution in [0.4, 0.5) is 0 Å². The maximum Gasteiger partial charge on any atom is 0.0802 e. The van der Waals surface area contributed by atoms with Gasteiger partial charge in [0, 0.05) is 163 Å². The van der Waals surface area contributed by atoms with Gasteiger partial charge in [0.15, 0.2) is 0 Å². The van der Waals surface area contributed by atoms with E-state index in [4.69, 9.17) is 15.0 Å². The van der Waals surface area contributed by atoms with E-state index in [0.29, 0.717) is 0 Å². The van der Waals surface area contributed by atoms with Crippen molar-refractivity contribution in [1.82, 2.24) is 28.7 Å². The van der Waals surface area contributed by atoms with Crippen molar-refractivity contribution in [3.05, 3.63) is 400 Å². The average molecular weight is 1610 g/mol. The highest BCUT2D eigenvalue weighted by atomic mass is 32.1. The van der Waals surface area contributed by atoms with Crippen LogP contribution in [0, 0.1) is 0 Å². The summed E-state index contributed by atoms with van der Waals surface area (Å²) in [6.07, 6.45) is 0. The lowest BCUT2D eigenvalue weighted by Gasteiger charge is -2.12. The van der Waals surface area contributed by atoms with Crippen molar-refractivity contribution >= 4 is 224 Å². The van der Waals surface area contributed by atoms with Crippen LogP contribution in [0.3, 0.4) is 0 Å². The van der Waals surface area contributed by atoms with Crippen molar-refractivity contribution in [1.29, 1.82) is 0 Å². The lowest BCUT2D eigenvalue weighted by molar-refractivity contribution is 1.16. The molecule has 10 heterocycles. The zero-order valence-electron chi connectivity index (χ0n) is 64.9. The Morgan fingerprint density at radius 3 is 0.826 bits per heavy atom. The number of hydrogen-bond donors (Lipinski definition) is 0. The average Bonchev–Trinajstić information content (AvgIpc) is 1.61. The molecule has 0 radical (unpaired) electrons. The van der Waals surface area contributed by atoms with E-state index in [1.807, 2.05) is 45.3 Å². The summed E-state index contributed by atoms with van der Waals surface area (Å²) in [6, 6.07) is 144. The van der Waals surface area contributed by atoms with Crippen LogP contribution >= 0.6 is 45.3 Å². The molecule has 564 valence electrons. The monoisotopic (exact) mass is 1610 g/mol. The first kappa shape index (κ1) is 69.4. The third-order valence-corrected chi connectivity index (χ3v) is 29.2. The third kappa shape index (κ3) is 11.1. The Labute approximate surface area is 709 Å². The SMILES string of the molecule is c1ccc2c(c1)nc(-c1ccc(-c3cccc4c3sc3ccccc34)cc1)c1c3ccccc3sc21.c1ccc2c(c1)nc(-c1ccc(-n3c4ccccc4c4cc(-n5c6ccccc6c6ccccc65)ccc43)cc1)c1c3ccccc3sc21.c1ccc2c(c1)nc(-c1ccc(-n3c4ccccc4c4ccccc43)cc1)c1c3ccccc3sc21. The van der Waals surface area contributed by atoms with Crippen LogP contribution in [0.1, 0.15) is 0 Å². The molecule has 0 aliphatic heterocycles. The van der Waals surface area contributed by atoms with Crippen LogP contribution in [-0.2, 0) is 0 Å². The molecule has 0 spiro atoms. The fourth-order valence-electron chi connectivity index (χ4n) is 19.0. The van der Waals surface area contributed by atoms with Crippen molar-refractivity contribution in [2.24, 2.45) is 0 Å². The maximum absolute atomic E-state index is 5.26. The topological polar surface area (TPSA) is 53.5 Å². The van der Waals surface area contributed by atoms with E-state index in [0.717, 1.165) is 67.4 Å². The Morgan fingerprint density at radius 1 is 0.174 bits per heavy atom. The van der Waals surface area contributed by atoms with Gasteiger partial charge < -0.3 is 13.7 Å². The van der Waals surface area contributed by atoms with Gasteiger partial charge in [0.05, 0.1) is 66.7 Å². The second-order valence-electron chi connectivity index (χ2n) is 31.1. The number of thiophene rings is 4. The molecule has 17 aromatic carbocycles. The molecule has 0 aliphatic carbocycles. The fraction of sp³-hybridized carbons (Fsp3) is 0. The summed E-state index contributed by atoms with van der Waals surface area (Å²) in [4.78, 5) is 15.6. The Kier molecular flexibility index (Phi) is 16.0. The first-order chi connectivity index (χ1) is 60.0. The number of nitrogens with zero attached hydrogens (tertiary/aromatic N) is 6. The van der Waals surface area contributed by atoms with Crippen molar-refractivity contribution in [3.8, 4) is 62.0 Å². The number of aromatic nitrogens is 6. The fourth-order valence-corrected chi connectivity index (χ4v) is 23.9. The molecule has 0 saturated carbocycles. The van der Waals surface area contributed by atoms with Gasteiger partial charge in [0.2, 0.25) is 0 Å². The lowest BCUT2D eigenvalue weighted by Crippen LogP contribution is -1.96. The highest BCUT2D eigenvalue weighted by molar-refractivity contribution is 7.28. The molecule has 0 amide bonds. The second-order valence-corrected chi connectivity index (χ2v) is 35.3. The van der Waals surface area contributed by atoms with E-state index in [1.165, 1.54) is 173 Å². The van der Waals surface area contributed by atoms with Crippen LogP contribution in [0.25, 0.3) is 241 Å². The third-order valence-electron chi connectivity index (χ3n) is 24.4. The predicted octanol–water partition coefficient (Wildman–Crippen LogP) is 32.1. The van der Waals surface area contributed by atoms with Gasteiger partial charge in [0.1, 0.15) is 0 Å². The molecule has 0 atom stereocenters. The summed E-state index contributed by atoms with van der Waals surface area (Å²) in [7, 11) is 0. The Hall–Kier alpha value is -14.8. The summed E-state index contributed by atoms with van der Waals surface area (Å²) in [5.41, 5.74) is 22.9. The Balaban J connectivity index is 0.000000102. The molecule has 6 nitrogen and oxygen atoms in total. The van der Waals surface area contributed by atoms with Crippen molar-refractivity contribution in [3.63, 3.8) is 0 Å². The van der Waals surface area contributed by atoms with E-state index in [9.17, 15) is 0 Å². The second kappa shape index (κ2) is 28.0. The zero-order chi connectivity index (χ0) is 79.3. The number of rotatable bonds is 7. The molecule has 0 unspecified atom stereocenters. The Morgan fingerprint density at radius 2 is 0.438 bits per heavy atom. The minimum atomic E-state index is 1.03. The first-order valence-corrected chi connectivity index (χ1v) is 44.1. The van der Waals surface area contributed by atoms with Crippen molar-refractivity contribution in [2.45, 2.75) is 0 Å². The number of benzene rings is 17. The van der Waals surface area contributed by atoms with E-state index < -0.39 is 0 Å². The predicted molar refractivity (Wildman–Crippen MR) is 522 cm³/mol. The van der Waals surface area contributed by atoms with Gasteiger partial charge in [-0.05, 0) is 126 Å². The van der Waals surface area contributed by atoms with E-state index in [-0.39, 0.29) is 0 Å². The molecule has 10 aromatic heterocycles. The van der Waals surface area contributed by atoms with E-state index in [1.54, 1.807) is 0 Å². The molecule has 27 aromatic rings. The number of fused-ring (bicyclic) bond motifs is 27. The molecule has 0 fully saturated rings. The normalized spacial score (nSPS) is 12.0. The highest BCUT2D eigenvalue weighted by Gasteiger charge is 2.24. The van der Waals surface area contributed by atoms with Gasteiger partial charge in [-0.1, -0.05) is 285 Å². The lowest BCUT2D eigenvalue weighted by atomic mass is 9.98. The summed E-state index contributed by atoms with van der Waals surface area (Å²) in [6.45, 7) is 0. The molecule has 10 heteroatoms. The minimum Gasteiger partial charge on any atom is -0.309 e. The highest BCUT2D eigenvalue weighted by Crippen LogP contribution is 2.49. The molecule has 0 aliphatic rings. The van der Waals surface area contributed by atoms with Crippen LogP contribution in [0.2, 0.25) is 0 Å². The summed E-state index contributed by atoms with van der Waals surface area (Å²) >= 11 is 7.46. The van der Waals surface area contributed by atoms with Crippen molar-refractivity contribution in [2.75, 3.05) is 0 Å².